The summed E-state index contributed by atoms with van der Waals surface area (Å²) in [6.45, 7) is 10.6. The number of imidazole rings is 1. The minimum Gasteiger partial charge on any atom is -0.357 e. The minimum absolute atomic E-state index is 0.315. The van der Waals surface area contributed by atoms with Crippen molar-refractivity contribution in [3.05, 3.63) is 109 Å². The highest BCUT2D eigenvalue weighted by atomic mass is 19.1. The lowest BCUT2D eigenvalue weighted by Gasteiger charge is -2.14. The van der Waals surface area contributed by atoms with Crippen LogP contribution in [-0.2, 0) is 0 Å². The molecule has 0 saturated heterocycles. The fourth-order valence-electron chi connectivity index (χ4n) is 4.46. The Balaban J connectivity index is 1.51. The van der Waals surface area contributed by atoms with Crippen LogP contribution in [0.1, 0.15) is 17.0 Å². The number of halogens is 1. The van der Waals surface area contributed by atoms with E-state index >= 15 is 0 Å². The van der Waals surface area contributed by atoms with Crippen LogP contribution in [0.2, 0.25) is 0 Å². The zero-order chi connectivity index (χ0) is 27.5. The number of allylic oxidation sites excluding steroid dienone is 2. The molecule has 4 aromatic heterocycles. The topological polar surface area (TPSA) is 98.4 Å². The zero-order valence-electron chi connectivity index (χ0n) is 22.1. The third kappa shape index (κ3) is 5.53. The summed E-state index contributed by atoms with van der Waals surface area (Å²) in [5, 5.41) is 11.6. The Morgan fingerprint density at radius 2 is 1.95 bits per heavy atom. The summed E-state index contributed by atoms with van der Waals surface area (Å²) in [7, 11) is 3.98. The SMILES string of the molecule is C=C/C=C(/c1cccc(F)c1)c1nc(-c2[nH]nc3ncc(-c4cncc(NC(=C)CN(C)C)c4)cc23)[nH]c1C. The molecule has 0 aliphatic rings. The maximum Gasteiger partial charge on any atom is 0.181 e. The van der Waals surface area contributed by atoms with Crippen LogP contribution in [0.15, 0.2) is 86.0 Å². The van der Waals surface area contributed by atoms with Crippen molar-refractivity contribution >= 4 is 22.3 Å². The molecule has 4 heterocycles. The fourth-order valence-corrected chi connectivity index (χ4v) is 4.46. The molecule has 0 aliphatic heterocycles. The molecule has 5 rings (SSSR count). The largest absolute Gasteiger partial charge is 0.357 e. The number of H-pyrrole nitrogens is 2. The molecule has 0 spiro atoms. The molecular formula is C30H29FN8. The van der Waals surface area contributed by atoms with Gasteiger partial charge in [-0.05, 0) is 50.8 Å². The van der Waals surface area contributed by atoms with Gasteiger partial charge in [-0.25, -0.2) is 14.4 Å². The third-order valence-electron chi connectivity index (χ3n) is 6.11. The number of aromatic nitrogens is 6. The van der Waals surface area contributed by atoms with Gasteiger partial charge >= 0.3 is 0 Å². The fraction of sp³-hybridized carbons (Fsp3) is 0.133. The van der Waals surface area contributed by atoms with Gasteiger partial charge < -0.3 is 15.2 Å². The highest BCUT2D eigenvalue weighted by molar-refractivity contribution is 5.92. The molecule has 1 aromatic carbocycles. The number of hydrogen-bond donors (Lipinski definition) is 3. The number of fused-ring (bicyclic) bond motifs is 1. The van der Waals surface area contributed by atoms with Crippen LogP contribution in [0.3, 0.4) is 0 Å². The van der Waals surface area contributed by atoms with Gasteiger partial charge in [-0.1, -0.05) is 37.4 Å². The number of aryl methyl sites for hydroxylation is 1. The lowest BCUT2D eigenvalue weighted by Crippen LogP contribution is -2.18. The van der Waals surface area contributed by atoms with Crippen molar-refractivity contribution in [2.24, 2.45) is 0 Å². The molecule has 0 bridgehead atoms. The first kappa shape index (κ1) is 25.7. The van der Waals surface area contributed by atoms with E-state index in [0.29, 0.717) is 35.0 Å². The molecule has 0 amide bonds. The molecule has 0 atom stereocenters. The summed E-state index contributed by atoms with van der Waals surface area (Å²) in [5.74, 6) is 0.286. The molecule has 0 fully saturated rings. The zero-order valence-corrected chi connectivity index (χ0v) is 22.1. The number of nitrogens with zero attached hydrogens (tertiary/aromatic N) is 5. The smallest absolute Gasteiger partial charge is 0.181 e. The molecule has 0 radical (unpaired) electrons. The van der Waals surface area contributed by atoms with Crippen molar-refractivity contribution in [2.45, 2.75) is 6.92 Å². The van der Waals surface area contributed by atoms with Gasteiger partial charge in [0.1, 0.15) is 11.5 Å². The predicted molar refractivity (Wildman–Crippen MR) is 154 cm³/mol. The van der Waals surface area contributed by atoms with Gasteiger partial charge in [0.25, 0.3) is 0 Å². The lowest BCUT2D eigenvalue weighted by molar-refractivity contribution is 0.447. The van der Waals surface area contributed by atoms with Crippen molar-refractivity contribution in [1.29, 1.82) is 0 Å². The van der Waals surface area contributed by atoms with Crippen molar-refractivity contribution in [3.8, 4) is 22.6 Å². The molecule has 5 aromatic rings. The molecule has 0 unspecified atom stereocenters. The van der Waals surface area contributed by atoms with Gasteiger partial charge in [-0.15, -0.1) is 0 Å². The summed E-state index contributed by atoms with van der Waals surface area (Å²) >= 11 is 0. The standard InChI is InChI=1S/C30H29FN8/c1-6-8-25(20-9-7-10-23(31)11-20)27-19(3)35-30(36-27)28-26-13-22(15-33-29(26)38-37-28)21-12-24(16-32-14-21)34-18(2)17-39(4)5/h6-16,34H,1-2,17H2,3-5H3,(H,35,36)(H,33,37,38)/b25-8-. The maximum atomic E-state index is 14.0. The maximum absolute atomic E-state index is 14.0. The van der Waals surface area contributed by atoms with E-state index in [1.54, 1.807) is 30.7 Å². The summed E-state index contributed by atoms with van der Waals surface area (Å²) in [6.07, 6.45) is 8.83. The van der Waals surface area contributed by atoms with E-state index in [1.165, 1.54) is 12.1 Å². The highest BCUT2D eigenvalue weighted by Crippen LogP contribution is 2.32. The van der Waals surface area contributed by atoms with Gasteiger partial charge in [-0.3, -0.25) is 10.1 Å². The molecule has 39 heavy (non-hydrogen) atoms. The van der Waals surface area contributed by atoms with E-state index in [0.717, 1.165) is 39.2 Å². The highest BCUT2D eigenvalue weighted by Gasteiger charge is 2.18. The summed E-state index contributed by atoms with van der Waals surface area (Å²) in [6, 6.07) is 10.5. The second-order valence-corrected chi connectivity index (χ2v) is 9.51. The predicted octanol–water partition coefficient (Wildman–Crippen LogP) is 5.96. The average Bonchev–Trinajstić information content (AvgIpc) is 3.49. The first-order valence-electron chi connectivity index (χ1n) is 12.4. The van der Waals surface area contributed by atoms with Crippen molar-refractivity contribution in [3.63, 3.8) is 0 Å². The van der Waals surface area contributed by atoms with Gasteiger partial charge in [0, 0.05) is 47.0 Å². The van der Waals surface area contributed by atoms with Crippen LogP contribution >= 0.6 is 0 Å². The Morgan fingerprint density at radius 1 is 1.13 bits per heavy atom. The van der Waals surface area contributed by atoms with Crippen LogP contribution in [-0.4, -0.2) is 55.7 Å². The Kier molecular flexibility index (Phi) is 7.16. The minimum atomic E-state index is -0.315. The number of likely N-dealkylation sites (N-methyl/N-ethyl adjacent to an activating group) is 1. The second kappa shape index (κ2) is 10.8. The van der Waals surface area contributed by atoms with E-state index in [9.17, 15) is 4.39 Å². The van der Waals surface area contributed by atoms with E-state index in [1.807, 2.05) is 50.2 Å². The molecule has 3 N–H and O–H groups in total. The summed E-state index contributed by atoms with van der Waals surface area (Å²) in [5.41, 5.74) is 7.77. The first-order valence-corrected chi connectivity index (χ1v) is 12.4. The van der Waals surface area contributed by atoms with Crippen LogP contribution in [0.4, 0.5) is 10.1 Å². The monoisotopic (exact) mass is 520 g/mol. The quantitative estimate of drug-likeness (QED) is 0.207. The molecule has 0 aliphatic carbocycles. The Labute approximate surface area is 226 Å². The second-order valence-electron chi connectivity index (χ2n) is 9.51. The number of nitrogens with one attached hydrogen (secondary N) is 3. The van der Waals surface area contributed by atoms with E-state index in [4.69, 9.17) is 4.98 Å². The Bertz CT molecular complexity index is 1710. The summed E-state index contributed by atoms with van der Waals surface area (Å²) in [4.78, 5) is 19.2. The van der Waals surface area contributed by atoms with Crippen LogP contribution in [0.5, 0.6) is 0 Å². The van der Waals surface area contributed by atoms with Gasteiger partial charge in [-0.2, -0.15) is 5.10 Å². The Hall–Kier alpha value is -4.89. The number of pyridine rings is 2. The number of hydrogen-bond acceptors (Lipinski definition) is 6. The summed E-state index contributed by atoms with van der Waals surface area (Å²) < 4.78 is 14.0. The van der Waals surface area contributed by atoms with Gasteiger partial charge in [0.2, 0.25) is 0 Å². The molecule has 0 saturated carbocycles. The number of aromatic amines is 2. The lowest BCUT2D eigenvalue weighted by atomic mass is 10.0. The number of rotatable bonds is 9. The van der Waals surface area contributed by atoms with E-state index in [2.05, 4.69) is 43.6 Å². The third-order valence-corrected chi connectivity index (χ3v) is 6.11. The van der Waals surface area contributed by atoms with Crippen LogP contribution in [0, 0.1) is 12.7 Å². The van der Waals surface area contributed by atoms with E-state index < -0.39 is 0 Å². The van der Waals surface area contributed by atoms with Crippen LogP contribution < -0.4 is 5.32 Å². The molecule has 8 nitrogen and oxygen atoms in total. The number of benzene rings is 1. The molecule has 196 valence electrons. The van der Waals surface area contributed by atoms with E-state index in [-0.39, 0.29) is 5.82 Å². The molecular weight excluding hydrogens is 491 g/mol. The van der Waals surface area contributed by atoms with Gasteiger partial charge in [0.15, 0.2) is 11.5 Å². The number of anilines is 1. The van der Waals surface area contributed by atoms with Gasteiger partial charge in [0.05, 0.1) is 23.0 Å². The normalized spacial score (nSPS) is 11.8. The van der Waals surface area contributed by atoms with Crippen molar-refractivity contribution in [2.75, 3.05) is 26.0 Å². The molecule has 9 heteroatoms. The Morgan fingerprint density at radius 3 is 2.72 bits per heavy atom. The first-order chi connectivity index (χ1) is 18.8. The van der Waals surface area contributed by atoms with Crippen LogP contribution in [0.25, 0.3) is 39.3 Å². The van der Waals surface area contributed by atoms with Crippen molar-refractivity contribution in [1.82, 2.24) is 35.0 Å². The van der Waals surface area contributed by atoms with Crippen molar-refractivity contribution < 1.29 is 4.39 Å². The average molecular weight is 521 g/mol.